The third kappa shape index (κ3) is 5.31. The molecule has 0 radical (unpaired) electrons. The summed E-state index contributed by atoms with van der Waals surface area (Å²) in [7, 11) is 1.52. The summed E-state index contributed by atoms with van der Waals surface area (Å²) in [6.45, 7) is 0. The van der Waals surface area contributed by atoms with Gasteiger partial charge in [0.25, 0.3) is 5.91 Å². The Bertz CT molecular complexity index is 1470. The van der Waals surface area contributed by atoms with Crippen LogP contribution in [-0.4, -0.2) is 29.8 Å². The maximum Gasteiger partial charge on any atom is 0.283 e. The van der Waals surface area contributed by atoms with Crippen LogP contribution in [0.25, 0.3) is 6.08 Å². The lowest BCUT2D eigenvalue weighted by Crippen LogP contribution is -2.31. The molecule has 3 aromatic rings. The van der Waals surface area contributed by atoms with E-state index in [0.29, 0.717) is 32.2 Å². The number of carbonyl (C=O) groups excluding carboxylic acids is 2. The number of benzene rings is 1. The molecule has 37 heavy (non-hydrogen) atoms. The zero-order valence-electron chi connectivity index (χ0n) is 19.7. The summed E-state index contributed by atoms with van der Waals surface area (Å²) >= 11 is 10.5. The summed E-state index contributed by atoms with van der Waals surface area (Å²) in [5.41, 5.74) is 2.44. The number of halogens is 1. The fourth-order valence-electron chi connectivity index (χ4n) is 4.19. The lowest BCUT2D eigenvalue weighted by molar-refractivity contribution is -0.114. The SMILES string of the molecule is COc1ccc(N2C(=O)/C(=C/c3cccs3)N=C2SCC(=O)Nc2sc3c(c2C#N)CCCC3)cc1Cl. The Morgan fingerprint density at radius 3 is 2.92 bits per heavy atom. The number of amides is 2. The number of thioether (sulfide) groups is 1. The van der Waals surface area contributed by atoms with Crippen LogP contribution in [0.5, 0.6) is 5.75 Å². The van der Waals surface area contributed by atoms with Gasteiger partial charge in [0.1, 0.15) is 22.5 Å². The molecule has 2 aliphatic rings. The number of ether oxygens (including phenoxy) is 1. The van der Waals surface area contributed by atoms with Gasteiger partial charge in [0, 0.05) is 9.75 Å². The molecule has 0 saturated heterocycles. The highest BCUT2D eigenvalue weighted by molar-refractivity contribution is 8.14. The first kappa shape index (κ1) is 25.5. The van der Waals surface area contributed by atoms with Gasteiger partial charge in [-0.3, -0.25) is 14.5 Å². The van der Waals surface area contributed by atoms with Gasteiger partial charge >= 0.3 is 0 Å². The highest BCUT2D eigenvalue weighted by atomic mass is 35.5. The number of nitriles is 1. The average Bonchev–Trinajstić information content (AvgIpc) is 3.60. The minimum absolute atomic E-state index is 0.0201. The van der Waals surface area contributed by atoms with Crippen molar-refractivity contribution >= 4 is 79.8 Å². The van der Waals surface area contributed by atoms with Gasteiger partial charge in [0.15, 0.2) is 5.17 Å². The van der Waals surface area contributed by atoms with E-state index in [1.165, 1.54) is 39.6 Å². The van der Waals surface area contributed by atoms with Crippen LogP contribution < -0.4 is 15.0 Å². The van der Waals surface area contributed by atoms with Crippen molar-refractivity contribution in [2.45, 2.75) is 25.7 Å². The molecule has 2 amide bonds. The molecular formula is C26H21ClN4O3S3. The van der Waals surface area contributed by atoms with Gasteiger partial charge in [-0.15, -0.1) is 22.7 Å². The fourth-order valence-corrected chi connectivity index (χ4v) is 7.16. The lowest BCUT2D eigenvalue weighted by atomic mass is 9.96. The molecule has 0 bridgehead atoms. The van der Waals surface area contributed by atoms with E-state index in [0.717, 1.165) is 47.9 Å². The minimum atomic E-state index is -0.310. The van der Waals surface area contributed by atoms with Gasteiger partial charge in [0.05, 0.1) is 29.1 Å². The highest BCUT2D eigenvalue weighted by Gasteiger charge is 2.33. The van der Waals surface area contributed by atoms with E-state index in [-0.39, 0.29) is 23.3 Å². The van der Waals surface area contributed by atoms with Gasteiger partial charge < -0.3 is 10.1 Å². The maximum absolute atomic E-state index is 13.4. The Morgan fingerprint density at radius 2 is 2.19 bits per heavy atom. The first-order valence-corrected chi connectivity index (χ1v) is 14.5. The van der Waals surface area contributed by atoms with Crippen molar-refractivity contribution in [3.05, 3.63) is 67.3 Å². The lowest BCUT2D eigenvalue weighted by Gasteiger charge is -2.18. The molecule has 2 aromatic heterocycles. The van der Waals surface area contributed by atoms with E-state index in [1.807, 2.05) is 17.5 Å². The van der Waals surface area contributed by atoms with Gasteiger partial charge in [-0.05, 0) is 67.0 Å². The summed E-state index contributed by atoms with van der Waals surface area (Å²) in [5, 5.41) is 15.8. The van der Waals surface area contributed by atoms with Gasteiger partial charge in [-0.2, -0.15) is 5.26 Å². The van der Waals surface area contributed by atoms with Gasteiger partial charge in [-0.1, -0.05) is 29.4 Å². The summed E-state index contributed by atoms with van der Waals surface area (Å²) in [6.07, 6.45) is 5.70. The number of hydrogen-bond acceptors (Lipinski definition) is 8. The molecule has 1 aliphatic carbocycles. The highest BCUT2D eigenvalue weighted by Crippen LogP contribution is 2.38. The molecule has 0 atom stereocenters. The van der Waals surface area contributed by atoms with Crippen LogP contribution in [0.4, 0.5) is 10.7 Å². The molecule has 1 N–H and O–H groups in total. The topological polar surface area (TPSA) is 94.8 Å². The molecule has 0 fully saturated rings. The van der Waals surface area contributed by atoms with Crippen LogP contribution in [0.3, 0.4) is 0 Å². The van der Waals surface area contributed by atoms with Crippen molar-refractivity contribution in [2.24, 2.45) is 4.99 Å². The standard InChI is InChI=1S/C26H21ClN4O3S3/c1-34-21-9-8-15(11-19(21)27)31-25(33)20(12-16-5-4-10-35-16)29-26(31)36-14-23(32)30-24-18(13-28)17-6-2-3-7-22(17)37-24/h4-5,8-12H,2-3,6-7,14H2,1H3,(H,30,32)/b20-12-. The zero-order chi connectivity index (χ0) is 25.9. The van der Waals surface area contributed by atoms with Crippen molar-refractivity contribution in [1.82, 2.24) is 0 Å². The second-order valence-corrected chi connectivity index (χ2v) is 11.7. The monoisotopic (exact) mass is 568 g/mol. The van der Waals surface area contributed by atoms with E-state index in [4.69, 9.17) is 16.3 Å². The number of nitrogens with one attached hydrogen (secondary N) is 1. The fraction of sp³-hybridized carbons (Fsp3) is 0.231. The molecule has 1 aromatic carbocycles. The van der Waals surface area contributed by atoms with Crippen LogP contribution in [0.15, 0.2) is 46.4 Å². The second kappa shape index (κ2) is 11.1. The van der Waals surface area contributed by atoms with Crippen molar-refractivity contribution in [3.63, 3.8) is 0 Å². The number of aliphatic imine (C=N–C) groups is 1. The Balaban J connectivity index is 1.37. The summed E-state index contributed by atoms with van der Waals surface area (Å²) in [6, 6.07) is 11.1. The summed E-state index contributed by atoms with van der Waals surface area (Å²) in [5.74, 6) is -0.0653. The summed E-state index contributed by atoms with van der Waals surface area (Å²) in [4.78, 5) is 34.4. The number of fused-ring (bicyclic) bond motifs is 1. The number of amidine groups is 1. The molecule has 188 valence electrons. The Morgan fingerprint density at radius 1 is 1.35 bits per heavy atom. The number of rotatable bonds is 6. The van der Waals surface area contributed by atoms with Crippen LogP contribution in [0.1, 0.15) is 33.7 Å². The Labute approximate surface area is 231 Å². The van der Waals surface area contributed by atoms with Crippen molar-refractivity contribution in [3.8, 4) is 11.8 Å². The quantitative estimate of drug-likeness (QED) is 0.350. The van der Waals surface area contributed by atoms with Crippen LogP contribution in [0, 0.1) is 11.3 Å². The van der Waals surface area contributed by atoms with E-state index in [1.54, 1.807) is 24.3 Å². The summed E-state index contributed by atoms with van der Waals surface area (Å²) < 4.78 is 5.24. The predicted octanol–water partition coefficient (Wildman–Crippen LogP) is 6.34. The number of carbonyl (C=O) groups is 2. The molecule has 11 heteroatoms. The van der Waals surface area contributed by atoms with E-state index in [9.17, 15) is 14.9 Å². The van der Waals surface area contributed by atoms with Crippen LogP contribution >= 0.6 is 46.0 Å². The number of nitrogens with zero attached hydrogens (tertiary/aromatic N) is 3. The number of thiophene rings is 2. The Kier molecular flexibility index (Phi) is 7.67. The van der Waals surface area contributed by atoms with Crippen LogP contribution in [-0.2, 0) is 22.4 Å². The normalized spacial score (nSPS) is 15.9. The maximum atomic E-state index is 13.4. The molecule has 0 saturated carbocycles. The molecule has 1 aliphatic heterocycles. The molecule has 3 heterocycles. The molecular weight excluding hydrogens is 548 g/mol. The number of methoxy groups -OCH3 is 1. The van der Waals surface area contributed by atoms with Crippen LogP contribution in [0.2, 0.25) is 5.02 Å². The molecule has 5 rings (SSSR count). The number of anilines is 2. The average molecular weight is 569 g/mol. The van der Waals surface area contributed by atoms with E-state index >= 15 is 0 Å². The van der Waals surface area contributed by atoms with Crippen molar-refractivity contribution in [1.29, 1.82) is 5.26 Å². The number of aryl methyl sites for hydroxylation is 1. The first-order chi connectivity index (χ1) is 18.0. The van der Waals surface area contributed by atoms with Crippen molar-refractivity contribution < 1.29 is 14.3 Å². The minimum Gasteiger partial charge on any atom is -0.495 e. The number of hydrogen-bond donors (Lipinski definition) is 1. The molecule has 7 nitrogen and oxygen atoms in total. The van der Waals surface area contributed by atoms with Gasteiger partial charge in [0.2, 0.25) is 5.91 Å². The van der Waals surface area contributed by atoms with E-state index in [2.05, 4.69) is 16.4 Å². The molecule has 0 unspecified atom stereocenters. The zero-order valence-corrected chi connectivity index (χ0v) is 23.0. The smallest absolute Gasteiger partial charge is 0.283 e. The van der Waals surface area contributed by atoms with Crippen molar-refractivity contribution in [2.75, 3.05) is 23.1 Å². The Hall–Kier alpha value is -3.10. The third-order valence-corrected chi connectivity index (χ3v) is 9.17. The van der Waals surface area contributed by atoms with E-state index < -0.39 is 0 Å². The molecule has 0 spiro atoms. The predicted molar refractivity (Wildman–Crippen MR) is 152 cm³/mol. The largest absolute Gasteiger partial charge is 0.495 e. The van der Waals surface area contributed by atoms with Gasteiger partial charge in [-0.25, -0.2) is 4.99 Å². The second-order valence-electron chi connectivity index (χ2n) is 8.26. The third-order valence-electron chi connectivity index (χ3n) is 5.91. The first-order valence-electron chi connectivity index (χ1n) is 11.5.